The summed E-state index contributed by atoms with van der Waals surface area (Å²) in [6, 6.07) is 8.54. The molecular weight excluding hydrogens is 186 g/mol. The van der Waals surface area contributed by atoms with Gasteiger partial charge in [0.2, 0.25) is 0 Å². The Labute approximate surface area is 81.7 Å². The molecule has 0 saturated heterocycles. The van der Waals surface area contributed by atoms with Crippen molar-refractivity contribution < 1.29 is 19.3 Å². The van der Waals surface area contributed by atoms with Gasteiger partial charge in [-0.2, -0.15) is 0 Å². The average molecular weight is 197 g/mol. The summed E-state index contributed by atoms with van der Waals surface area (Å²) in [5, 5.41) is 0.620. The van der Waals surface area contributed by atoms with Crippen molar-refractivity contribution in [3.63, 3.8) is 0 Å². The molecule has 0 radical (unpaired) electrons. The van der Waals surface area contributed by atoms with Gasteiger partial charge in [0.25, 0.3) is 0 Å². The molecule has 0 unspecified atom stereocenters. The van der Waals surface area contributed by atoms with Crippen LogP contribution < -0.4 is 0 Å². The van der Waals surface area contributed by atoms with Crippen LogP contribution in [0.1, 0.15) is 10.4 Å². The molecule has 0 amide bonds. The number of nitrogens with zero attached hydrogens (tertiary/aromatic N) is 1. The lowest BCUT2D eigenvalue weighted by Gasteiger charge is -2.13. The summed E-state index contributed by atoms with van der Waals surface area (Å²) >= 11 is 0. The Morgan fingerprint density at radius 3 is 2.21 bits per heavy atom. The monoisotopic (exact) mass is 197 g/mol. The van der Waals surface area contributed by atoms with E-state index in [1.807, 2.05) is 0 Å². The van der Waals surface area contributed by atoms with Crippen molar-refractivity contribution in [2.45, 2.75) is 0 Å². The standard InChI is InChI=1S/C9H11NO4/c1-12-10(13-2)14-9(11)8-6-4-3-5-7-8/h3-7H,1-2H3. The highest BCUT2D eigenvalue weighted by atomic mass is 17.2. The molecule has 0 aromatic heterocycles. The molecule has 0 bridgehead atoms. The minimum Gasteiger partial charge on any atom is -0.313 e. The predicted molar refractivity (Wildman–Crippen MR) is 47.7 cm³/mol. The lowest BCUT2D eigenvalue weighted by Crippen LogP contribution is -2.25. The highest BCUT2D eigenvalue weighted by Gasteiger charge is 2.12. The van der Waals surface area contributed by atoms with Crippen LogP contribution in [0.5, 0.6) is 0 Å². The third-order valence-corrected chi connectivity index (χ3v) is 1.47. The molecule has 0 aliphatic heterocycles. The molecule has 0 aliphatic rings. The second-order valence-corrected chi connectivity index (χ2v) is 2.33. The molecule has 0 saturated carbocycles. The molecule has 0 atom stereocenters. The first-order valence-electron chi connectivity index (χ1n) is 3.93. The lowest BCUT2D eigenvalue weighted by molar-refractivity contribution is -0.485. The molecule has 5 heteroatoms. The number of benzene rings is 1. The molecule has 0 aliphatic carbocycles. The highest BCUT2D eigenvalue weighted by molar-refractivity contribution is 5.88. The summed E-state index contributed by atoms with van der Waals surface area (Å²) in [7, 11) is 2.64. The van der Waals surface area contributed by atoms with Gasteiger partial charge in [-0.3, -0.25) is 0 Å². The first kappa shape index (κ1) is 10.6. The Morgan fingerprint density at radius 1 is 1.14 bits per heavy atom. The molecule has 1 aromatic carbocycles. The number of rotatable bonds is 4. The molecule has 0 fully saturated rings. The van der Waals surface area contributed by atoms with E-state index in [0.29, 0.717) is 11.0 Å². The van der Waals surface area contributed by atoms with Gasteiger partial charge in [-0.25, -0.2) is 14.5 Å². The molecule has 5 nitrogen and oxygen atoms in total. The number of hydrogen-bond acceptors (Lipinski definition) is 5. The second-order valence-electron chi connectivity index (χ2n) is 2.33. The topological polar surface area (TPSA) is 48.0 Å². The van der Waals surface area contributed by atoms with Gasteiger partial charge in [0, 0.05) is 0 Å². The highest BCUT2D eigenvalue weighted by Crippen LogP contribution is 2.03. The zero-order valence-electron chi connectivity index (χ0n) is 7.97. The lowest BCUT2D eigenvalue weighted by atomic mass is 10.2. The van der Waals surface area contributed by atoms with Gasteiger partial charge in [0.1, 0.15) is 5.39 Å². The van der Waals surface area contributed by atoms with Gasteiger partial charge in [-0.05, 0) is 12.1 Å². The van der Waals surface area contributed by atoms with Crippen molar-refractivity contribution in [1.82, 2.24) is 5.39 Å². The summed E-state index contributed by atoms with van der Waals surface area (Å²) in [5.74, 6) is -0.547. The molecule has 0 spiro atoms. The Hall–Kier alpha value is -1.43. The smallest absolute Gasteiger partial charge is 0.313 e. The number of carbonyl (C=O) groups excluding carboxylic acids is 1. The van der Waals surface area contributed by atoms with Crippen LogP contribution in [0, 0.1) is 0 Å². The van der Waals surface area contributed by atoms with Gasteiger partial charge in [0.05, 0.1) is 19.8 Å². The van der Waals surface area contributed by atoms with E-state index < -0.39 is 5.97 Å². The van der Waals surface area contributed by atoms with E-state index in [9.17, 15) is 4.79 Å². The molecule has 0 N–H and O–H groups in total. The Kier molecular flexibility index (Phi) is 4.06. The zero-order chi connectivity index (χ0) is 10.4. The van der Waals surface area contributed by atoms with Crippen molar-refractivity contribution in [2.24, 2.45) is 0 Å². The van der Waals surface area contributed by atoms with E-state index in [-0.39, 0.29) is 0 Å². The molecule has 76 valence electrons. The summed E-state index contributed by atoms with van der Waals surface area (Å²) in [5.41, 5.74) is 0.423. The maximum Gasteiger partial charge on any atom is 0.362 e. The van der Waals surface area contributed by atoms with E-state index in [4.69, 9.17) is 0 Å². The van der Waals surface area contributed by atoms with Crippen LogP contribution in [0.2, 0.25) is 0 Å². The quantitative estimate of drug-likeness (QED) is 0.678. The van der Waals surface area contributed by atoms with E-state index >= 15 is 0 Å². The molecule has 1 rings (SSSR count). The van der Waals surface area contributed by atoms with Crippen LogP contribution in [-0.2, 0) is 14.5 Å². The largest absolute Gasteiger partial charge is 0.362 e. The van der Waals surface area contributed by atoms with Crippen LogP contribution in [0.4, 0.5) is 0 Å². The van der Waals surface area contributed by atoms with Gasteiger partial charge in [-0.1, -0.05) is 18.2 Å². The maximum absolute atomic E-state index is 11.3. The van der Waals surface area contributed by atoms with Gasteiger partial charge in [0.15, 0.2) is 0 Å². The van der Waals surface area contributed by atoms with Crippen molar-refractivity contribution in [3.8, 4) is 0 Å². The zero-order valence-corrected chi connectivity index (χ0v) is 7.97. The van der Waals surface area contributed by atoms with Crippen LogP contribution in [0.25, 0.3) is 0 Å². The van der Waals surface area contributed by atoms with E-state index in [1.165, 1.54) is 14.2 Å². The van der Waals surface area contributed by atoms with Crippen LogP contribution in [0.15, 0.2) is 30.3 Å². The normalized spacial score (nSPS) is 10.2. The van der Waals surface area contributed by atoms with Crippen molar-refractivity contribution >= 4 is 5.97 Å². The summed E-state index contributed by atoms with van der Waals surface area (Å²) in [6.45, 7) is 0. The first-order chi connectivity index (χ1) is 6.77. The fourth-order valence-electron chi connectivity index (χ4n) is 0.844. The molecular formula is C9H11NO4. The fourth-order valence-corrected chi connectivity index (χ4v) is 0.844. The van der Waals surface area contributed by atoms with Crippen LogP contribution in [0.3, 0.4) is 0 Å². The van der Waals surface area contributed by atoms with E-state index in [2.05, 4.69) is 14.5 Å². The summed E-state index contributed by atoms with van der Waals surface area (Å²) in [6.07, 6.45) is 0. The minimum absolute atomic E-state index is 0.423. The minimum atomic E-state index is -0.547. The van der Waals surface area contributed by atoms with E-state index in [0.717, 1.165) is 0 Å². The summed E-state index contributed by atoms with van der Waals surface area (Å²) < 4.78 is 0. The third kappa shape index (κ3) is 2.81. The van der Waals surface area contributed by atoms with Crippen molar-refractivity contribution in [2.75, 3.05) is 14.2 Å². The van der Waals surface area contributed by atoms with Crippen molar-refractivity contribution in [1.29, 1.82) is 0 Å². The first-order valence-corrected chi connectivity index (χ1v) is 3.93. The van der Waals surface area contributed by atoms with Gasteiger partial charge >= 0.3 is 5.97 Å². The average Bonchev–Trinajstić information content (AvgIpc) is 2.26. The maximum atomic E-state index is 11.3. The number of hydrogen-bond donors (Lipinski definition) is 0. The molecule has 1 aromatic rings. The van der Waals surface area contributed by atoms with Gasteiger partial charge < -0.3 is 4.84 Å². The Bertz CT molecular complexity index is 284. The summed E-state index contributed by atoms with van der Waals surface area (Å²) in [4.78, 5) is 25.2. The number of carbonyl (C=O) groups is 1. The second kappa shape index (κ2) is 5.33. The van der Waals surface area contributed by atoms with Crippen LogP contribution >= 0.6 is 0 Å². The fraction of sp³-hybridized carbons (Fsp3) is 0.222. The molecule has 0 heterocycles. The van der Waals surface area contributed by atoms with E-state index in [1.54, 1.807) is 30.3 Å². The third-order valence-electron chi connectivity index (χ3n) is 1.47. The van der Waals surface area contributed by atoms with Gasteiger partial charge in [-0.15, -0.1) is 0 Å². The Morgan fingerprint density at radius 2 is 1.71 bits per heavy atom. The van der Waals surface area contributed by atoms with Crippen LogP contribution in [-0.4, -0.2) is 25.6 Å². The predicted octanol–water partition coefficient (Wildman–Crippen LogP) is 1.18. The Balaban J connectivity index is 2.59. The van der Waals surface area contributed by atoms with Crippen molar-refractivity contribution in [3.05, 3.63) is 35.9 Å². The molecule has 14 heavy (non-hydrogen) atoms. The SMILES string of the molecule is CON(OC)OC(=O)c1ccccc1.